The number of para-hydroxylation sites is 1. The van der Waals surface area contributed by atoms with Crippen LogP contribution < -0.4 is 0 Å². The van der Waals surface area contributed by atoms with Crippen LogP contribution in [0, 0.1) is 6.92 Å². The summed E-state index contributed by atoms with van der Waals surface area (Å²) in [6.07, 6.45) is 0. The highest BCUT2D eigenvalue weighted by Gasteiger charge is 2.30. The van der Waals surface area contributed by atoms with E-state index in [2.05, 4.69) is 15.9 Å². The molecular weight excluding hydrogens is 406 g/mol. The van der Waals surface area contributed by atoms with Crippen LogP contribution in [0.1, 0.15) is 23.0 Å². The van der Waals surface area contributed by atoms with Crippen molar-refractivity contribution in [3.8, 4) is 0 Å². The number of halogens is 1. The molecule has 25 heavy (non-hydrogen) atoms. The molecule has 0 atom stereocenters. The molecule has 0 fully saturated rings. The molecule has 130 valence electrons. The molecule has 2 aromatic carbocycles. The second kappa shape index (κ2) is 6.65. The minimum Gasteiger partial charge on any atom is -0.461 e. The number of carbonyl (C=O) groups is 1. The zero-order valence-electron chi connectivity index (χ0n) is 13.7. The molecule has 0 unspecified atom stereocenters. The van der Waals surface area contributed by atoms with Crippen molar-refractivity contribution in [3.63, 3.8) is 0 Å². The molecule has 1 aromatic heterocycles. The van der Waals surface area contributed by atoms with Crippen molar-refractivity contribution in [2.75, 3.05) is 6.61 Å². The summed E-state index contributed by atoms with van der Waals surface area (Å²) in [7, 11) is -3.97. The summed E-state index contributed by atoms with van der Waals surface area (Å²) >= 11 is 3.36. The van der Waals surface area contributed by atoms with Crippen molar-refractivity contribution in [2.45, 2.75) is 18.7 Å². The lowest BCUT2D eigenvalue weighted by Crippen LogP contribution is -2.20. The first-order valence-corrected chi connectivity index (χ1v) is 9.89. The van der Waals surface area contributed by atoms with E-state index >= 15 is 0 Å². The molecule has 7 heteroatoms. The zero-order valence-corrected chi connectivity index (χ0v) is 16.1. The van der Waals surface area contributed by atoms with Gasteiger partial charge in [-0.15, -0.1) is 0 Å². The van der Waals surface area contributed by atoms with Gasteiger partial charge in [-0.25, -0.2) is 17.2 Å². The second-order valence-corrected chi connectivity index (χ2v) is 8.06. The number of aromatic nitrogens is 1. The minimum atomic E-state index is -3.97. The van der Waals surface area contributed by atoms with E-state index in [9.17, 15) is 13.2 Å². The standard InChI is InChI=1S/C18H16BrNO4S/c1-3-24-18(21)17-16(19)14-6-4-5-7-15(14)20(17)25(22,23)13-10-8-12(2)9-11-13/h4-11H,3H2,1-2H3. The molecule has 0 saturated carbocycles. The summed E-state index contributed by atoms with van der Waals surface area (Å²) in [5, 5.41) is 0.626. The summed E-state index contributed by atoms with van der Waals surface area (Å²) < 4.78 is 33.0. The Bertz CT molecular complexity index is 1050. The summed E-state index contributed by atoms with van der Waals surface area (Å²) in [6, 6.07) is 13.4. The van der Waals surface area contributed by atoms with Gasteiger partial charge in [-0.3, -0.25) is 0 Å². The smallest absolute Gasteiger partial charge is 0.357 e. The summed E-state index contributed by atoms with van der Waals surface area (Å²) in [4.78, 5) is 12.6. The number of ether oxygens (including phenoxy) is 1. The molecule has 0 saturated heterocycles. The van der Waals surface area contributed by atoms with Gasteiger partial charge in [-0.05, 0) is 48.0 Å². The van der Waals surface area contributed by atoms with E-state index in [1.165, 1.54) is 12.1 Å². The molecule has 0 radical (unpaired) electrons. The maximum atomic E-state index is 13.2. The lowest BCUT2D eigenvalue weighted by Gasteiger charge is -2.12. The number of carbonyl (C=O) groups excluding carboxylic acids is 1. The second-order valence-electron chi connectivity index (χ2n) is 5.48. The Balaban J connectivity index is 2.36. The Kier molecular flexibility index (Phi) is 4.71. The SMILES string of the molecule is CCOC(=O)c1c(Br)c2ccccc2n1S(=O)(=O)c1ccc(C)cc1. The van der Waals surface area contributed by atoms with Gasteiger partial charge in [0.1, 0.15) is 0 Å². The van der Waals surface area contributed by atoms with Crippen molar-refractivity contribution in [3.05, 3.63) is 64.3 Å². The van der Waals surface area contributed by atoms with Gasteiger partial charge in [0.2, 0.25) is 0 Å². The van der Waals surface area contributed by atoms with Crippen LogP contribution in [0.25, 0.3) is 10.9 Å². The molecule has 5 nitrogen and oxygen atoms in total. The average molecular weight is 422 g/mol. The molecule has 0 aliphatic rings. The van der Waals surface area contributed by atoms with Crippen LogP contribution in [0.2, 0.25) is 0 Å². The average Bonchev–Trinajstić information content (AvgIpc) is 2.89. The van der Waals surface area contributed by atoms with E-state index in [0.29, 0.717) is 15.4 Å². The number of rotatable bonds is 4. The first kappa shape index (κ1) is 17.7. The van der Waals surface area contributed by atoms with Gasteiger partial charge in [0.15, 0.2) is 5.69 Å². The van der Waals surface area contributed by atoms with Crippen molar-refractivity contribution in [1.29, 1.82) is 0 Å². The Morgan fingerprint density at radius 3 is 2.40 bits per heavy atom. The predicted molar refractivity (Wildman–Crippen MR) is 99.4 cm³/mol. The van der Waals surface area contributed by atoms with Crippen LogP contribution >= 0.6 is 15.9 Å². The maximum absolute atomic E-state index is 13.2. The number of hydrogen-bond donors (Lipinski definition) is 0. The van der Waals surface area contributed by atoms with Crippen LogP contribution in [-0.4, -0.2) is 25.0 Å². The number of benzene rings is 2. The molecule has 0 spiro atoms. The van der Waals surface area contributed by atoms with E-state index in [-0.39, 0.29) is 17.2 Å². The molecule has 0 amide bonds. The molecule has 1 heterocycles. The lowest BCUT2D eigenvalue weighted by molar-refractivity contribution is 0.0517. The number of aryl methyl sites for hydroxylation is 1. The molecule has 0 aliphatic heterocycles. The summed E-state index contributed by atoms with van der Waals surface area (Å²) in [5.41, 5.74) is 1.32. The number of hydrogen-bond acceptors (Lipinski definition) is 4. The molecule has 0 aliphatic carbocycles. The number of nitrogens with zero attached hydrogens (tertiary/aromatic N) is 1. The number of esters is 1. The zero-order chi connectivity index (χ0) is 18.2. The fourth-order valence-electron chi connectivity index (χ4n) is 2.61. The fourth-order valence-corrected chi connectivity index (χ4v) is 4.92. The maximum Gasteiger partial charge on any atom is 0.357 e. The fraction of sp³-hybridized carbons (Fsp3) is 0.167. The summed E-state index contributed by atoms with van der Waals surface area (Å²) in [6.45, 7) is 3.70. The first-order chi connectivity index (χ1) is 11.9. The van der Waals surface area contributed by atoms with Crippen LogP contribution in [-0.2, 0) is 14.8 Å². The molecular formula is C18H16BrNO4S. The van der Waals surface area contributed by atoms with Crippen LogP contribution in [0.3, 0.4) is 0 Å². The van der Waals surface area contributed by atoms with Crippen LogP contribution in [0.5, 0.6) is 0 Å². The van der Waals surface area contributed by atoms with Gasteiger partial charge in [0, 0.05) is 5.39 Å². The van der Waals surface area contributed by atoms with Gasteiger partial charge in [0.25, 0.3) is 10.0 Å². The van der Waals surface area contributed by atoms with E-state index in [1.54, 1.807) is 43.3 Å². The summed E-state index contributed by atoms with van der Waals surface area (Å²) in [5.74, 6) is -0.693. The number of fused-ring (bicyclic) bond motifs is 1. The quantitative estimate of drug-likeness (QED) is 0.594. The Labute approximate surface area is 154 Å². The van der Waals surface area contributed by atoms with Crippen molar-refractivity contribution in [2.24, 2.45) is 0 Å². The monoisotopic (exact) mass is 421 g/mol. The van der Waals surface area contributed by atoms with E-state index in [0.717, 1.165) is 9.54 Å². The normalized spacial score (nSPS) is 11.6. The van der Waals surface area contributed by atoms with E-state index in [4.69, 9.17) is 4.74 Å². The van der Waals surface area contributed by atoms with Gasteiger partial charge >= 0.3 is 5.97 Å². The highest BCUT2D eigenvalue weighted by Crippen LogP contribution is 2.34. The molecule has 3 aromatic rings. The van der Waals surface area contributed by atoms with Crippen molar-refractivity contribution < 1.29 is 17.9 Å². The lowest BCUT2D eigenvalue weighted by atomic mass is 10.2. The first-order valence-electron chi connectivity index (χ1n) is 7.66. The third-order valence-corrected chi connectivity index (χ3v) is 6.33. The van der Waals surface area contributed by atoms with E-state index < -0.39 is 16.0 Å². The Morgan fingerprint density at radius 1 is 1.12 bits per heavy atom. The minimum absolute atomic E-state index is 0.0383. The van der Waals surface area contributed by atoms with Gasteiger partial charge in [-0.1, -0.05) is 35.9 Å². The third-order valence-electron chi connectivity index (χ3n) is 3.80. The van der Waals surface area contributed by atoms with Crippen molar-refractivity contribution in [1.82, 2.24) is 3.97 Å². The highest BCUT2D eigenvalue weighted by molar-refractivity contribution is 9.10. The molecule has 0 bridgehead atoms. The Morgan fingerprint density at radius 2 is 1.76 bits per heavy atom. The predicted octanol–water partition coefficient (Wildman–Crippen LogP) is 4.13. The van der Waals surface area contributed by atoms with Crippen molar-refractivity contribution >= 4 is 42.8 Å². The van der Waals surface area contributed by atoms with Gasteiger partial charge < -0.3 is 4.74 Å². The van der Waals surface area contributed by atoms with Gasteiger partial charge in [0.05, 0.1) is 21.5 Å². The largest absolute Gasteiger partial charge is 0.461 e. The highest BCUT2D eigenvalue weighted by atomic mass is 79.9. The topological polar surface area (TPSA) is 65.4 Å². The van der Waals surface area contributed by atoms with Gasteiger partial charge in [-0.2, -0.15) is 0 Å². The van der Waals surface area contributed by atoms with E-state index in [1.807, 2.05) is 6.92 Å². The molecule has 0 N–H and O–H groups in total. The van der Waals surface area contributed by atoms with Crippen LogP contribution in [0.4, 0.5) is 0 Å². The third kappa shape index (κ3) is 2.98. The van der Waals surface area contributed by atoms with Crippen LogP contribution in [0.15, 0.2) is 57.9 Å². The Hall–Kier alpha value is -2.12. The molecule has 3 rings (SSSR count).